The number of carbonyl (C=O) groups is 1. The summed E-state index contributed by atoms with van der Waals surface area (Å²) in [5.41, 5.74) is 6.44. The van der Waals surface area contributed by atoms with Crippen molar-refractivity contribution in [3.05, 3.63) is 107 Å². The highest BCUT2D eigenvalue weighted by Gasteiger charge is 2.54. The summed E-state index contributed by atoms with van der Waals surface area (Å²) in [6, 6.07) is 23.1. The molecule has 0 spiro atoms. The van der Waals surface area contributed by atoms with Gasteiger partial charge in [0.2, 0.25) is 5.91 Å². The first-order valence-corrected chi connectivity index (χ1v) is 18.2. The maximum atomic E-state index is 14.2. The van der Waals surface area contributed by atoms with Gasteiger partial charge in [-0.2, -0.15) is 5.06 Å². The first-order chi connectivity index (χ1) is 23.9. The van der Waals surface area contributed by atoms with E-state index in [9.17, 15) is 14.3 Å². The molecule has 0 aromatic heterocycles. The highest BCUT2D eigenvalue weighted by atomic mass is 19.1. The zero-order valence-corrected chi connectivity index (χ0v) is 30.4. The normalized spacial score (nSPS) is 25.9. The van der Waals surface area contributed by atoms with Crippen LogP contribution in [-0.2, 0) is 29.3 Å². The lowest BCUT2D eigenvalue weighted by molar-refractivity contribution is -0.182. The van der Waals surface area contributed by atoms with E-state index in [4.69, 9.17) is 4.84 Å². The van der Waals surface area contributed by atoms with E-state index < -0.39 is 12.1 Å². The zero-order valence-electron chi connectivity index (χ0n) is 30.4. The summed E-state index contributed by atoms with van der Waals surface area (Å²) in [6.07, 6.45) is 2.78. The second-order valence-corrected chi connectivity index (χ2v) is 15.8. The molecule has 1 heterocycles. The van der Waals surface area contributed by atoms with Gasteiger partial charge in [-0.05, 0) is 97.5 Å². The molecule has 1 saturated heterocycles. The van der Waals surface area contributed by atoms with Crippen LogP contribution >= 0.6 is 0 Å². The van der Waals surface area contributed by atoms with Crippen LogP contribution in [0, 0.1) is 29.0 Å². The van der Waals surface area contributed by atoms with Crippen LogP contribution < -0.4 is 5.32 Å². The Morgan fingerprint density at radius 1 is 0.980 bits per heavy atom. The van der Waals surface area contributed by atoms with Crippen LogP contribution in [0.1, 0.15) is 56.7 Å². The van der Waals surface area contributed by atoms with Crippen LogP contribution in [0.15, 0.2) is 84.9 Å². The highest BCUT2D eigenvalue weighted by Crippen LogP contribution is 2.59. The summed E-state index contributed by atoms with van der Waals surface area (Å²) in [4.78, 5) is 25.0. The van der Waals surface area contributed by atoms with Crippen molar-refractivity contribution in [2.45, 2.75) is 77.9 Å². The smallest absolute Gasteiger partial charge is 0.240 e. The molecule has 268 valence electrons. The Morgan fingerprint density at radius 3 is 2.38 bits per heavy atom. The van der Waals surface area contributed by atoms with Crippen molar-refractivity contribution in [2.24, 2.45) is 23.2 Å². The number of hydroxylamine groups is 2. The predicted molar refractivity (Wildman–Crippen MR) is 197 cm³/mol. The van der Waals surface area contributed by atoms with Gasteiger partial charge in [-0.15, -0.1) is 0 Å². The Kier molecular flexibility index (Phi) is 11.3. The van der Waals surface area contributed by atoms with Gasteiger partial charge in [-0.3, -0.25) is 14.5 Å². The maximum absolute atomic E-state index is 14.2. The van der Waals surface area contributed by atoms with Crippen molar-refractivity contribution in [2.75, 3.05) is 33.8 Å². The number of hydrogen-bond acceptors (Lipinski definition) is 6. The topological polar surface area (TPSA) is 68.3 Å². The zero-order chi connectivity index (χ0) is 35.6. The molecule has 6 atom stereocenters. The second-order valence-electron chi connectivity index (χ2n) is 15.8. The fourth-order valence-electron chi connectivity index (χ4n) is 8.62. The third-order valence-electron chi connectivity index (χ3n) is 11.6. The molecule has 1 unspecified atom stereocenters. The lowest BCUT2D eigenvalue weighted by atomic mass is 9.48. The molecule has 3 saturated carbocycles. The Hall–Kier alpha value is -3.40. The van der Waals surface area contributed by atoms with Crippen molar-refractivity contribution in [3.8, 4) is 11.1 Å². The molecule has 0 radical (unpaired) electrons. The van der Waals surface area contributed by atoms with Crippen LogP contribution in [0.5, 0.6) is 0 Å². The Morgan fingerprint density at radius 2 is 1.70 bits per heavy atom. The van der Waals surface area contributed by atoms with E-state index >= 15 is 0 Å². The number of fused-ring (bicyclic) bond motifs is 2. The first-order valence-electron chi connectivity index (χ1n) is 18.2. The molecule has 1 amide bonds. The Balaban J connectivity index is 1.19. The molecule has 3 aromatic rings. The van der Waals surface area contributed by atoms with Gasteiger partial charge in [0.15, 0.2) is 0 Å². The van der Waals surface area contributed by atoms with Gasteiger partial charge in [-0.1, -0.05) is 86.7 Å². The lowest BCUT2D eigenvalue weighted by Crippen LogP contribution is -2.58. The highest BCUT2D eigenvalue weighted by molar-refractivity contribution is 5.83. The van der Waals surface area contributed by atoms with Crippen LogP contribution in [0.4, 0.5) is 4.39 Å². The van der Waals surface area contributed by atoms with Crippen LogP contribution in [0.2, 0.25) is 0 Å². The molecule has 8 heteroatoms. The second kappa shape index (κ2) is 15.5. The summed E-state index contributed by atoms with van der Waals surface area (Å²) in [7, 11) is 4.16. The summed E-state index contributed by atoms with van der Waals surface area (Å²) in [5.74, 6) is 0.715. The molecule has 4 aliphatic rings. The third kappa shape index (κ3) is 8.05. The standard InChI is InChI=1S/C42H55FN4O3/c1-28(2)39-38(27-48)50-47(40(39)41(49)44-36-22-33-21-34(23-36)42(33,3)4)25-30-12-9-11-29(19-30)24-46(18-17-45(5)6)26-32-13-7-8-16-37(32)31-14-10-15-35(43)20-31/h7-16,19-20,33-34,36,38-40,48H,1,17-18,21-27H2,2-6H3,(H,44,49)/t33-,34+,36?,38-,39+,40-/m0/s1. The summed E-state index contributed by atoms with van der Waals surface area (Å²) < 4.78 is 14.2. The minimum absolute atomic E-state index is 0.0407. The largest absolute Gasteiger partial charge is 0.394 e. The quantitative estimate of drug-likeness (QED) is 0.185. The molecular weight excluding hydrogens is 627 g/mol. The van der Waals surface area contributed by atoms with E-state index in [0.717, 1.165) is 65.9 Å². The van der Waals surface area contributed by atoms with Gasteiger partial charge >= 0.3 is 0 Å². The summed E-state index contributed by atoms with van der Waals surface area (Å²) >= 11 is 0. The first kappa shape index (κ1) is 36.4. The molecule has 4 fully saturated rings. The number of halogens is 1. The van der Waals surface area contributed by atoms with E-state index in [0.29, 0.717) is 30.3 Å². The van der Waals surface area contributed by atoms with Crippen molar-refractivity contribution in [3.63, 3.8) is 0 Å². The van der Waals surface area contributed by atoms with Crippen LogP contribution in [0.3, 0.4) is 0 Å². The van der Waals surface area contributed by atoms with Crippen molar-refractivity contribution in [1.29, 1.82) is 0 Å². The van der Waals surface area contributed by atoms with Crippen molar-refractivity contribution < 1.29 is 19.1 Å². The van der Waals surface area contributed by atoms with Crippen LogP contribution in [0.25, 0.3) is 11.1 Å². The fraction of sp³-hybridized carbons (Fsp3) is 0.500. The average Bonchev–Trinajstić information content (AvgIpc) is 3.46. The number of nitrogens with zero attached hydrogens (tertiary/aromatic N) is 3. The van der Waals surface area contributed by atoms with Crippen LogP contribution in [-0.4, -0.2) is 77.9 Å². The van der Waals surface area contributed by atoms with Gasteiger partial charge in [0.1, 0.15) is 18.0 Å². The van der Waals surface area contributed by atoms with E-state index in [1.54, 1.807) is 17.2 Å². The summed E-state index contributed by atoms with van der Waals surface area (Å²) in [5, 5.41) is 15.5. The third-order valence-corrected chi connectivity index (χ3v) is 11.6. The van der Waals surface area contributed by atoms with E-state index in [-0.39, 0.29) is 30.3 Å². The molecule has 1 aliphatic heterocycles. The molecule has 50 heavy (non-hydrogen) atoms. The number of benzene rings is 3. The number of carbonyl (C=O) groups excluding carboxylic acids is 1. The van der Waals surface area contributed by atoms with E-state index in [1.807, 2.05) is 25.1 Å². The van der Waals surface area contributed by atoms with Gasteiger partial charge in [0.05, 0.1) is 13.2 Å². The monoisotopic (exact) mass is 682 g/mol. The number of hydrogen-bond donors (Lipinski definition) is 2. The molecule has 2 N–H and O–H groups in total. The van der Waals surface area contributed by atoms with Crippen molar-refractivity contribution in [1.82, 2.24) is 20.2 Å². The number of aliphatic hydroxyl groups is 1. The van der Waals surface area contributed by atoms with E-state index in [2.05, 4.69) is 86.0 Å². The Bertz CT molecular complexity index is 1650. The lowest BCUT2D eigenvalue weighted by Gasteiger charge is -2.59. The van der Waals surface area contributed by atoms with Gasteiger partial charge in [0.25, 0.3) is 0 Å². The average molecular weight is 683 g/mol. The number of aliphatic hydroxyl groups excluding tert-OH is 1. The number of nitrogens with one attached hydrogen (secondary N) is 1. The molecule has 3 aromatic carbocycles. The summed E-state index contributed by atoms with van der Waals surface area (Å²) in [6.45, 7) is 14.3. The SMILES string of the molecule is C=C(C)[C@@H]1[C@H](CO)ON(Cc2cccc(CN(CCN(C)C)Cc3ccccc3-c3cccc(F)c3)c2)[C@@H]1C(=O)NC1C[C@@H]2C[C@H](C1)C2(C)C. The Labute approximate surface area is 298 Å². The molecule has 7 rings (SSSR count). The molecule has 2 bridgehead atoms. The predicted octanol–water partition coefficient (Wildman–Crippen LogP) is 6.67. The van der Waals surface area contributed by atoms with E-state index in [1.165, 1.54) is 12.5 Å². The maximum Gasteiger partial charge on any atom is 0.240 e. The molecule has 7 nitrogen and oxygen atoms in total. The molecule has 3 aliphatic carbocycles. The number of amides is 1. The number of likely N-dealkylation sites (N-methyl/N-ethyl adjacent to an activating group) is 1. The van der Waals surface area contributed by atoms with Gasteiger partial charge in [0, 0.05) is 38.1 Å². The number of rotatable bonds is 14. The van der Waals surface area contributed by atoms with Gasteiger partial charge in [-0.25, -0.2) is 4.39 Å². The minimum Gasteiger partial charge on any atom is -0.394 e. The minimum atomic E-state index is -0.574. The van der Waals surface area contributed by atoms with Gasteiger partial charge < -0.3 is 15.3 Å². The molecular formula is C42H55FN4O3. The van der Waals surface area contributed by atoms with Crippen molar-refractivity contribution >= 4 is 5.91 Å². The fourth-order valence-corrected chi connectivity index (χ4v) is 8.62.